The topological polar surface area (TPSA) is 87.3 Å². The predicted octanol–water partition coefficient (Wildman–Crippen LogP) is 8.32. The average molecular weight is 630 g/mol. The molecular weight excluding hydrogens is 598 g/mol. The molecule has 1 unspecified atom stereocenters. The molecule has 0 radical (unpaired) electrons. The van der Waals surface area contributed by atoms with Crippen LogP contribution in [-0.4, -0.2) is 17.7 Å². The van der Waals surface area contributed by atoms with Crippen LogP contribution in [-0.2, 0) is 9.59 Å². The molecule has 46 heavy (non-hydrogen) atoms. The van der Waals surface area contributed by atoms with E-state index in [1.807, 2.05) is 74.5 Å². The second kappa shape index (κ2) is 15.0. The molecule has 0 aliphatic heterocycles. The van der Waals surface area contributed by atoms with E-state index in [-0.39, 0.29) is 17.2 Å². The number of thioether (sulfide) groups is 1. The third-order valence-electron chi connectivity index (χ3n) is 7.30. The van der Waals surface area contributed by atoms with Crippen molar-refractivity contribution in [1.82, 2.24) is 5.32 Å². The monoisotopic (exact) mass is 629 g/mol. The summed E-state index contributed by atoms with van der Waals surface area (Å²) >= 11 is 1.39. The number of benzene rings is 5. The molecule has 0 aliphatic rings. The number of carbonyl (C=O) groups excluding carboxylic acids is 3. The molecule has 0 saturated carbocycles. The number of halogens is 1. The van der Waals surface area contributed by atoms with E-state index in [0.717, 1.165) is 27.3 Å². The van der Waals surface area contributed by atoms with Crippen molar-refractivity contribution in [1.29, 1.82) is 0 Å². The largest absolute Gasteiger partial charge is 0.325 e. The summed E-state index contributed by atoms with van der Waals surface area (Å²) in [6.07, 6.45) is 1.30. The van der Waals surface area contributed by atoms with Gasteiger partial charge in [-0.2, -0.15) is 0 Å². The van der Waals surface area contributed by atoms with Gasteiger partial charge >= 0.3 is 0 Å². The summed E-state index contributed by atoms with van der Waals surface area (Å²) in [5, 5.41) is 7.95. The van der Waals surface area contributed by atoms with E-state index in [1.165, 1.54) is 30.0 Å². The van der Waals surface area contributed by atoms with Crippen molar-refractivity contribution in [3.63, 3.8) is 0 Å². The second-order valence-corrected chi connectivity index (χ2v) is 11.7. The Hall–Kier alpha value is -5.47. The molecular formula is C38H32FN3O3S. The molecule has 0 aliphatic carbocycles. The van der Waals surface area contributed by atoms with E-state index in [0.29, 0.717) is 11.3 Å². The van der Waals surface area contributed by atoms with Crippen molar-refractivity contribution < 1.29 is 18.8 Å². The van der Waals surface area contributed by atoms with Gasteiger partial charge in [-0.25, -0.2) is 4.39 Å². The fraction of sp³-hybridized carbons (Fsp3) is 0.0789. The molecule has 5 aromatic carbocycles. The Morgan fingerprint density at radius 3 is 2.07 bits per heavy atom. The van der Waals surface area contributed by atoms with Crippen LogP contribution in [0.2, 0.25) is 0 Å². The molecule has 3 N–H and O–H groups in total. The van der Waals surface area contributed by atoms with Gasteiger partial charge < -0.3 is 16.0 Å². The smallest absolute Gasteiger partial charge is 0.272 e. The molecule has 230 valence electrons. The Kier molecular flexibility index (Phi) is 10.4. The van der Waals surface area contributed by atoms with Crippen LogP contribution in [0.4, 0.5) is 15.8 Å². The van der Waals surface area contributed by atoms with Gasteiger partial charge in [0.2, 0.25) is 5.91 Å². The number of rotatable bonds is 10. The summed E-state index contributed by atoms with van der Waals surface area (Å²) in [5.74, 6) is -1.81. The van der Waals surface area contributed by atoms with E-state index in [9.17, 15) is 18.8 Å². The summed E-state index contributed by atoms with van der Waals surface area (Å²) in [6, 6.07) is 36.8. The van der Waals surface area contributed by atoms with Crippen LogP contribution in [0.1, 0.15) is 37.9 Å². The summed E-state index contributed by atoms with van der Waals surface area (Å²) in [5.41, 5.74) is 4.56. The summed E-state index contributed by atoms with van der Waals surface area (Å²) in [6.45, 7) is 3.98. The third kappa shape index (κ3) is 8.16. The fourth-order valence-electron chi connectivity index (χ4n) is 4.63. The van der Waals surface area contributed by atoms with Gasteiger partial charge in [-0.05, 0) is 85.1 Å². The lowest BCUT2D eigenvalue weighted by Crippen LogP contribution is -2.30. The van der Waals surface area contributed by atoms with Crippen molar-refractivity contribution >= 4 is 46.9 Å². The van der Waals surface area contributed by atoms with Crippen LogP contribution in [0, 0.1) is 19.7 Å². The average Bonchev–Trinajstić information content (AvgIpc) is 3.07. The second-order valence-electron chi connectivity index (χ2n) is 10.5. The third-order valence-corrected chi connectivity index (χ3v) is 8.57. The molecule has 5 rings (SSSR count). The number of nitrogens with one attached hydrogen (secondary N) is 3. The van der Waals surface area contributed by atoms with Crippen molar-refractivity contribution in [3.05, 3.63) is 167 Å². The van der Waals surface area contributed by atoms with Gasteiger partial charge in [0.25, 0.3) is 11.8 Å². The highest BCUT2D eigenvalue weighted by molar-refractivity contribution is 8.00. The van der Waals surface area contributed by atoms with Gasteiger partial charge in [0.05, 0.1) is 0 Å². The van der Waals surface area contributed by atoms with Crippen molar-refractivity contribution in [3.8, 4) is 0 Å². The minimum Gasteiger partial charge on any atom is -0.325 e. The van der Waals surface area contributed by atoms with E-state index in [2.05, 4.69) is 16.0 Å². The van der Waals surface area contributed by atoms with Crippen LogP contribution >= 0.6 is 11.8 Å². The van der Waals surface area contributed by atoms with Crippen molar-refractivity contribution in [2.24, 2.45) is 0 Å². The first-order chi connectivity index (χ1) is 22.3. The highest BCUT2D eigenvalue weighted by Crippen LogP contribution is 2.37. The molecule has 0 bridgehead atoms. The van der Waals surface area contributed by atoms with Crippen LogP contribution in [0.25, 0.3) is 6.08 Å². The Morgan fingerprint density at radius 2 is 1.37 bits per heavy atom. The number of carbonyl (C=O) groups is 3. The number of hydrogen-bond donors (Lipinski definition) is 3. The quantitative estimate of drug-likeness (QED) is 0.107. The molecule has 0 aromatic heterocycles. The highest BCUT2D eigenvalue weighted by atomic mass is 32.2. The Labute approximate surface area is 271 Å². The molecule has 8 heteroatoms. The molecule has 0 fully saturated rings. The first kappa shape index (κ1) is 31.9. The number of amides is 3. The maximum atomic E-state index is 14.5. The first-order valence-electron chi connectivity index (χ1n) is 14.6. The number of hydrogen-bond acceptors (Lipinski definition) is 4. The number of aryl methyl sites for hydroxylation is 1. The van der Waals surface area contributed by atoms with Gasteiger partial charge in [-0.15, -0.1) is 11.8 Å². The zero-order valence-electron chi connectivity index (χ0n) is 25.3. The molecule has 0 heterocycles. The van der Waals surface area contributed by atoms with Crippen LogP contribution in [0.3, 0.4) is 0 Å². The standard InChI is InChI=1S/C38H32FN3O3S/c1-25-12-11-19-33(26(25)2)41-38(45)35(27-13-5-3-6-14-27)46-31-22-20-30(21-23-31)40-37(44)34(24-29-17-9-10-18-32(29)39)42-36(43)28-15-7-4-8-16-28/h3-24,35H,1-2H3,(H,40,44)(H,41,45)(H,42,43)/b34-24-. The van der Waals surface area contributed by atoms with Crippen LogP contribution < -0.4 is 16.0 Å². The van der Waals surface area contributed by atoms with Gasteiger partial charge in [-0.3, -0.25) is 14.4 Å². The zero-order chi connectivity index (χ0) is 32.5. The van der Waals surface area contributed by atoms with Crippen LogP contribution in [0.5, 0.6) is 0 Å². The highest BCUT2D eigenvalue weighted by Gasteiger charge is 2.23. The SMILES string of the molecule is Cc1cccc(NC(=O)C(Sc2ccc(NC(=O)/C(=C/c3ccccc3F)NC(=O)c3ccccc3)cc2)c2ccccc2)c1C. The fourth-order valence-corrected chi connectivity index (χ4v) is 5.65. The molecule has 6 nitrogen and oxygen atoms in total. The molecule has 0 saturated heterocycles. The summed E-state index contributed by atoms with van der Waals surface area (Å²) in [7, 11) is 0. The maximum absolute atomic E-state index is 14.5. The lowest BCUT2D eigenvalue weighted by molar-refractivity contribution is -0.116. The van der Waals surface area contributed by atoms with Gasteiger partial charge in [-0.1, -0.05) is 78.9 Å². The van der Waals surface area contributed by atoms with E-state index in [1.54, 1.807) is 54.6 Å². The zero-order valence-corrected chi connectivity index (χ0v) is 26.1. The molecule has 0 spiro atoms. The molecule has 1 atom stereocenters. The summed E-state index contributed by atoms with van der Waals surface area (Å²) < 4.78 is 14.5. The van der Waals surface area contributed by atoms with Gasteiger partial charge in [0, 0.05) is 27.4 Å². The first-order valence-corrected chi connectivity index (χ1v) is 15.5. The maximum Gasteiger partial charge on any atom is 0.272 e. The Balaban J connectivity index is 1.34. The predicted molar refractivity (Wildman–Crippen MR) is 183 cm³/mol. The summed E-state index contributed by atoms with van der Waals surface area (Å²) in [4.78, 5) is 40.7. The molecule has 5 aromatic rings. The lowest BCUT2D eigenvalue weighted by Gasteiger charge is -2.19. The Bertz CT molecular complexity index is 1880. The van der Waals surface area contributed by atoms with E-state index >= 15 is 0 Å². The van der Waals surface area contributed by atoms with Gasteiger partial charge in [0.15, 0.2) is 0 Å². The van der Waals surface area contributed by atoms with E-state index in [4.69, 9.17) is 0 Å². The van der Waals surface area contributed by atoms with Crippen molar-refractivity contribution in [2.75, 3.05) is 10.6 Å². The van der Waals surface area contributed by atoms with Crippen molar-refractivity contribution in [2.45, 2.75) is 24.0 Å². The molecule has 3 amide bonds. The number of anilines is 2. The van der Waals surface area contributed by atoms with Crippen LogP contribution in [0.15, 0.2) is 138 Å². The minimum atomic E-state index is -0.622. The van der Waals surface area contributed by atoms with Gasteiger partial charge in [0.1, 0.15) is 16.8 Å². The van der Waals surface area contributed by atoms with E-state index < -0.39 is 22.9 Å². The minimum absolute atomic E-state index is 0.121. The Morgan fingerprint density at radius 1 is 0.717 bits per heavy atom. The normalized spacial score (nSPS) is 11.8. The lowest BCUT2D eigenvalue weighted by atomic mass is 10.1.